The Labute approximate surface area is 123 Å². The van der Waals surface area contributed by atoms with Gasteiger partial charge in [0.2, 0.25) is 0 Å². The van der Waals surface area contributed by atoms with Crippen molar-refractivity contribution >= 4 is 17.5 Å². The monoisotopic (exact) mass is 292 g/mol. The first-order valence-corrected chi connectivity index (χ1v) is 7.18. The summed E-state index contributed by atoms with van der Waals surface area (Å²) >= 11 is 0. The lowest BCUT2D eigenvalue weighted by Gasteiger charge is -2.26. The highest BCUT2D eigenvalue weighted by molar-refractivity contribution is 5.86. The minimum Gasteiger partial charge on any atom is -0.446 e. The van der Waals surface area contributed by atoms with Crippen molar-refractivity contribution < 1.29 is 14.5 Å². The molecule has 1 aromatic rings. The molecule has 0 aliphatic heterocycles. The zero-order chi connectivity index (χ0) is 15.4. The average Bonchev–Trinajstić information content (AvgIpc) is 2.41. The summed E-state index contributed by atoms with van der Waals surface area (Å²) in [5.74, 6) is 0.566. The van der Waals surface area contributed by atoms with Crippen LogP contribution in [-0.2, 0) is 4.74 Å². The van der Waals surface area contributed by atoms with Crippen molar-refractivity contribution in [1.29, 1.82) is 0 Å². The number of non-ortho nitro benzene ring substituents is 1. The van der Waals surface area contributed by atoms with E-state index in [9.17, 15) is 14.9 Å². The van der Waals surface area contributed by atoms with E-state index in [1.54, 1.807) is 13.0 Å². The predicted octanol–water partition coefficient (Wildman–Crippen LogP) is 4.03. The second-order valence-electron chi connectivity index (χ2n) is 5.68. The smallest absolute Gasteiger partial charge is 0.411 e. The quantitative estimate of drug-likeness (QED) is 0.673. The topological polar surface area (TPSA) is 81.5 Å². The van der Waals surface area contributed by atoms with E-state index in [0.717, 1.165) is 24.8 Å². The fourth-order valence-electron chi connectivity index (χ4n) is 2.63. The summed E-state index contributed by atoms with van der Waals surface area (Å²) in [5.41, 5.74) is 1.12. The highest BCUT2D eigenvalue weighted by Gasteiger charge is 2.22. The first-order chi connectivity index (χ1) is 9.95. The van der Waals surface area contributed by atoms with Gasteiger partial charge in [0.05, 0.1) is 10.6 Å². The molecule has 0 aromatic heterocycles. The summed E-state index contributed by atoms with van der Waals surface area (Å²) in [5, 5.41) is 13.4. The molecule has 6 nitrogen and oxygen atoms in total. The molecule has 1 aliphatic rings. The van der Waals surface area contributed by atoms with Crippen LogP contribution in [0.1, 0.15) is 38.2 Å². The van der Waals surface area contributed by atoms with Gasteiger partial charge in [-0.25, -0.2) is 4.79 Å². The molecule has 1 N–H and O–H groups in total. The molecule has 114 valence electrons. The van der Waals surface area contributed by atoms with Gasteiger partial charge in [-0.15, -0.1) is 0 Å². The normalized spacial score (nSPS) is 21.6. The number of ether oxygens (including phenoxy) is 1. The Morgan fingerprint density at radius 1 is 1.43 bits per heavy atom. The van der Waals surface area contributed by atoms with Crippen molar-refractivity contribution in [1.82, 2.24) is 0 Å². The molecule has 0 saturated heterocycles. The van der Waals surface area contributed by atoms with Gasteiger partial charge in [-0.1, -0.05) is 19.4 Å². The van der Waals surface area contributed by atoms with Crippen LogP contribution in [0.5, 0.6) is 0 Å². The Bertz CT molecular complexity index is 544. The molecular formula is C15H20N2O4. The summed E-state index contributed by atoms with van der Waals surface area (Å²) < 4.78 is 5.40. The number of rotatable bonds is 3. The molecule has 1 amide bonds. The predicted molar refractivity (Wildman–Crippen MR) is 79.4 cm³/mol. The maximum Gasteiger partial charge on any atom is 0.411 e. The van der Waals surface area contributed by atoms with Crippen LogP contribution in [0.15, 0.2) is 18.2 Å². The summed E-state index contributed by atoms with van der Waals surface area (Å²) in [6.07, 6.45) is 3.39. The van der Waals surface area contributed by atoms with E-state index >= 15 is 0 Å². The Morgan fingerprint density at radius 2 is 2.19 bits per heavy atom. The van der Waals surface area contributed by atoms with E-state index in [1.807, 2.05) is 0 Å². The van der Waals surface area contributed by atoms with Crippen LogP contribution in [0.2, 0.25) is 0 Å². The summed E-state index contributed by atoms with van der Waals surface area (Å²) in [7, 11) is 0. The molecule has 2 atom stereocenters. The minimum atomic E-state index is -0.544. The van der Waals surface area contributed by atoms with Crippen molar-refractivity contribution in [3.63, 3.8) is 0 Å². The molecule has 1 aromatic carbocycles. The number of nitrogens with one attached hydrogen (secondary N) is 1. The molecule has 2 rings (SSSR count). The number of nitrogens with zero attached hydrogens (tertiary/aromatic N) is 1. The molecule has 0 bridgehead atoms. The molecule has 2 unspecified atom stereocenters. The second kappa shape index (κ2) is 6.56. The van der Waals surface area contributed by atoms with Crippen molar-refractivity contribution in [2.24, 2.45) is 5.92 Å². The van der Waals surface area contributed by atoms with E-state index in [1.165, 1.54) is 18.6 Å². The first kappa shape index (κ1) is 15.3. The summed E-state index contributed by atoms with van der Waals surface area (Å²) in [6.45, 7) is 3.93. The SMILES string of the molecule is Cc1ccc([N+](=O)[O-])cc1NC(=O)OC1CCCC(C)C1. The van der Waals surface area contributed by atoms with Gasteiger partial charge in [-0.2, -0.15) is 0 Å². The first-order valence-electron chi connectivity index (χ1n) is 7.18. The van der Waals surface area contributed by atoms with Gasteiger partial charge < -0.3 is 4.74 Å². The van der Waals surface area contributed by atoms with Gasteiger partial charge >= 0.3 is 6.09 Å². The zero-order valence-electron chi connectivity index (χ0n) is 12.3. The highest BCUT2D eigenvalue weighted by atomic mass is 16.6. The molecule has 1 fully saturated rings. The number of carbonyl (C=O) groups is 1. The van der Waals surface area contributed by atoms with Gasteiger partial charge in [0.1, 0.15) is 6.10 Å². The number of amides is 1. The number of nitro benzene ring substituents is 1. The lowest BCUT2D eigenvalue weighted by molar-refractivity contribution is -0.384. The molecule has 21 heavy (non-hydrogen) atoms. The van der Waals surface area contributed by atoms with E-state index in [2.05, 4.69) is 12.2 Å². The van der Waals surface area contributed by atoms with Crippen molar-refractivity contribution in [3.8, 4) is 0 Å². The average molecular weight is 292 g/mol. The second-order valence-corrected chi connectivity index (χ2v) is 5.68. The summed E-state index contributed by atoms with van der Waals surface area (Å²) in [6, 6.07) is 4.37. The largest absolute Gasteiger partial charge is 0.446 e. The van der Waals surface area contributed by atoms with Crippen molar-refractivity contribution in [3.05, 3.63) is 33.9 Å². The Hall–Kier alpha value is -2.11. The lowest BCUT2D eigenvalue weighted by atomic mass is 9.89. The molecule has 1 saturated carbocycles. The number of nitro groups is 1. The van der Waals surface area contributed by atoms with Crippen LogP contribution in [0.25, 0.3) is 0 Å². The fraction of sp³-hybridized carbons (Fsp3) is 0.533. The molecule has 1 aliphatic carbocycles. The standard InChI is InChI=1S/C15H20N2O4/c1-10-4-3-5-13(8-10)21-15(18)16-14-9-12(17(19)20)7-6-11(14)2/h6-7,9-10,13H,3-5,8H2,1-2H3,(H,16,18). The van der Waals surface area contributed by atoms with Gasteiger partial charge in [-0.05, 0) is 37.7 Å². The van der Waals surface area contributed by atoms with Gasteiger partial charge in [0, 0.05) is 12.1 Å². The third kappa shape index (κ3) is 4.18. The lowest BCUT2D eigenvalue weighted by Crippen LogP contribution is -2.27. The maximum absolute atomic E-state index is 11.9. The van der Waals surface area contributed by atoms with E-state index in [-0.39, 0.29) is 11.8 Å². The van der Waals surface area contributed by atoms with Crippen LogP contribution in [-0.4, -0.2) is 17.1 Å². The van der Waals surface area contributed by atoms with Crippen LogP contribution in [0.3, 0.4) is 0 Å². The Morgan fingerprint density at radius 3 is 2.86 bits per heavy atom. The number of hydrogen-bond donors (Lipinski definition) is 1. The third-order valence-corrected chi connectivity index (χ3v) is 3.83. The van der Waals surface area contributed by atoms with Crippen LogP contribution in [0, 0.1) is 23.0 Å². The van der Waals surface area contributed by atoms with E-state index in [0.29, 0.717) is 11.6 Å². The third-order valence-electron chi connectivity index (χ3n) is 3.83. The van der Waals surface area contributed by atoms with E-state index in [4.69, 9.17) is 4.74 Å². The zero-order valence-corrected chi connectivity index (χ0v) is 12.3. The summed E-state index contributed by atoms with van der Waals surface area (Å²) in [4.78, 5) is 22.2. The van der Waals surface area contributed by atoms with Crippen molar-refractivity contribution in [2.45, 2.75) is 45.6 Å². The van der Waals surface area contributed by atoms with E-state index < -0.39 is 11.0 Å². The van der Waals surface area contributed by atoms with Gasteiger partial charge in [0.25, 0.3) is 5.69 Å². The molecule has 0 spiro atoms. The van der Waals surface area contributed by atoms with Crippen LogP contribution in [0.4, 0.5) is 16.2 Å². The number of aryl methyl sites for hydroxylation is 1. The molecular weight excluding hydrogens is 272 g/mol. The Kier molecular flexibility index (Phi) is 4.77. The number of benzene rings is 1. The van der Waals surface area contributed by atoms with Crippen molar-refractivity contribution in [2.75, 3.05) is 5.32 Å². The van der Waals surface area contributed by atoms with Gasteiger partial charge in [0.15, 0.2) is 0 Å². The van der Waals surface area contributed by atoms with Crippen LogP contribution >= 0.6 is 0 Å². The fourth-order valence-corrected chi connectivity index (χ4v) is 2.63. The number of carbonyl (C=O) groups excluding carboxylic acids is 1. The number of anilines is 1. The highest BCUT2D eigenvalue weighted by Crippen LogP contribution is 2.27. The number of hydrogen-bond acceptors (Lipinski definition) is 4. The molecule has 6 heteroatoms. The Balaban J connectivity index is 1.99. The minimum absolute atomic E-state index is 0.0535. The van der Waals surface area contributed by atoms with Gasteiger partial charge in [-0.3, -0.25) is 15.4 Å². The molecule has 0 radical (unpaired) electrons. The van der Waals surface area contributed by atoms with Crippen LogP contribution < -0.4 is 5.32 Å². The molecule has 0 heterocycles. The maximum atomic E-state index is 11.9.